The molecular formula is C78H91N3O16. The summed E-state index contributed by atoms with van der Waals surface area (Å²) in [5.74, 6) is -1.10. The number of rotatable bonds is 33. The fraction of sp³-hybridized carbons (Fsp3) is 0.321. The van der Waals surface area contributed by atoms with Crippen LogP contribution in [0, 0.1) is 0 Å². The van der Waals surface area contributed by atoms with Crippen molar-refractivity contribution in [3.63, 3.8) is 0 Å². The van der Waals surface area contributed by atoms with Gasteiger partial charge < -0.3 is 67.9 Å². The molecule has 0 aliphatic carbocycles. The standard InChI is InChI=1S/C28H31NO6.C27H31NO5.C23H29NO5/c1-29(2)18-25(35-28(32)23-9-6-8-22(17-23)27(30)31)19-34-26-10-5-4-7-21(26)14-11-20-12-15-24(33-3)16-13-20;1-28(2)18-23(33-27(30)24-9-5-6-10-25(24)29)19-32-26-11-7-4-8-21(26)15-12-20-13-16-22(31-3)17-14-20;1-24(2)16-21(29-23(27)22(25)26)15-12-19-7-5-4-6-18(19)11-8-17-9-13-20(28-3)14-10-17/h4-10,12-13,15-17,25H,11,14,18-19H2,1-3H3,(H,30,31);4-11,13-14,16-17,23,29H,12,15,18-19H2,1-3H3;4-7,9-10,13-14,21H,8,11-12,15-16H2,1-3H3,(H,25,26)/t;;21-/m..1/s1. The predicted octanol–water partition coefficient (Wildman–Crippen LogP) is 11.7. The van der Waals surface area contributed by atoms with Gasteiger partial charge in [-0.1, -0.05) is 115 Å². The van der Waals surface area contributed by atoms with E-state index in [0.29, 0.717) is 32.5 Å². The number of nitrogens with zero attached hydrogens (tertiary/aromatic N) is 3. The van der Waals surface area contributed by atoms with Crippen molar-refractivity contribution in [3.05, 3.63) is 250 Å². The summed E-state index contributed by atoms with van der Waals surface area (Å²) < 4.78 is 44.3. The van der Waals surface area contributed by atoms with E-state index < -0.39 is 48.2 Å². The molecule has 0 amide bonds. The van der Waals surface area contributed by atoms with Crippen LogP contribution >= 0.6 is 0 Å². The highest BCUT2D eigenvalue weighted by Crippen LogP contribution is 2.26. The van der Waals surface area contributed by atoms with Gasteiger partial charge >= 0.3 is 29.8 Å². The molecule has 0 saturated heterocycles. The van der Waals surface area contributed by atoms with Crippen LogP contribution in [0.4, 0.5) is 0 Å². The summed E-state index contributed by atoms with van der Waals surface area (Å²) in [4.78, 5) is 64.5. The third-order valence-corrected chi connectivity index (χ3v) is 15.3. The van der Waals surface area contributed by atoms with E-state index in [9.17, 15) is 34.2 Å². The van der Waals surface area contributed by atoms with Gasteiger partial charge in [0.25, 0.3) is 0 Å². The van der Waals surface area contributed by atoms with Crippen LogP contribution in [-0.2, 0) is 68.7 Å². The first-order valence-electron chi connectivity index (χ1n) is 32.0. The van der Waals surface area contributed by atoms with Gasteiger partial charge in [0.1, 0.15) is 71.6 Å². The van der Waals surface area contributed by atoms with Crippen molar-refractivity contribution in [2.24, 2.45) is 0 Å². The number of carbonyl (C=O) groups excluding carboxylic acids is 3. The van der Waals surface area contributed by atoms with Crippen LogP contribution in [0.15, 0.2) is 194 Å². The fourth-order valence-electron chi connectivity index (χ4n) is 10.4. The molecule has 19 heteroatoms. The molecule has 97 heavy (non-hydrogen) atoms. The summed E-state index contributed by atoms with van der Waals surface area (Å²) in [7, 11) is 16.3. The monoisotopic (exact) mass is 1330 g/mol. The second kappa shape index (κ2) is 40.2. The highest BCUT2D eigenvalue weighted by Gasteiger charge is 2.24. The summed E-state index contributed by atoms with van der Waals surface area (Å²) >= 11 is 0. The third-order valence-electron chi connectivity index (χ3n) is 15.3. The first kappa shape index (κ1) is 75.8. The van der Waals surface area contributed by atoms with Gasteiger partial charge in [-0.2, -0.15) is 0 Å². The van der Waals surface area contributed by atoms with Crippen molar-refractivity contribution in [2.45, 2.75) is 69.7 Å². The number of aryl methyl sites for hydroxylation is 7. The number of hydrogen-bond donors (Lipinski definition) is 3. The summed E-state index contributed by atoms with van der Waals surface area (Å²) in [5, 5.41) is 27.9. The molecule has 8 aromatic carbocycles. The first-order chi connectivity index (χ1) is 46.7. The van der Waals surface area contributed by atoms with Gasteiger partial charge in [0.2, 0.25) is 0 Å². The fourth-order valence-corrected chi connectivity index (χ4v) is 10.4. The number of likely N-dealkylation sites (N-methyl/N-ethyl adjacent to an activating group) is 3. The van der Waals surface area contributed by atoms with E-state index in [1.807, 2.05) is 166 Å². The smallest absolute Gasteiger partial charge is 0.417 e. The second-order valence-corrected chi connectivity index (χ2v) is 23.8. The number of hydrogen-bond acceptors (Lipinski definition) is 17. The van der Waals surface area contributed by atoms with Crippen LogP contribution in [-0.4, -0.2) is 175 Å². The summed E-state index contributed by atoms with van der Waals surface area (Å²) in [6.07, 6.45) is 4.91. The number of phenolic OH excluding ortho intramolecular Hbond substituents is 1. The molecule has 8 rings (SSSR count). The number of para-hydroxylation sites is 3. The Kier molecular flexibility index (Phi) is 31.5. The minimum Gasteiger partial charge on any atom is -0.507 e. The van der Waals surface area contributed by atoms with Gasteiger partial charge in [-0.3, -0.25) is 0 Å². The van der Waals surface area contributed by atoms with E-state index in [-0.39, 0.29) is 35.7 Å². The number of carbonyl (C=O) groups is 5. The molecule has 0 heterocycles. The Morgan fingerprint density at radius 3 is 1.20 bits per heavy atom. The van der Waals surface area contributed by atoms with Crippen molar-refractivity contribution < 1.29 is 77.2 Å². The molecule has 8 aromatic rings. The predicted molar refractivity (Wildman–Crippen MR) is 373 cm³/mol. The topological polar surface area (TPSA) is 230 Å². The van der Waals surface area contributed by atoms with E-state index in [2.05, 4.69) is 36.4 Å². The maximum atomic E-state index is 12.7. The van der Waals surface area contributed by atoms with Crippen LogP contribution in [0.5, 0.6) is 34.5 Å². The molecule has 0 spiro atoms. The third kappa shape index (κ3) is 26.8. The summed E-state index contributed by atoms with van der Waals surface area (Å²) in [5.41, 5.74) is 8.60. The average molecular weight is 1330 g/mol. The van der Waals surface area contributed by atoms with Crippen LogP contribution in [0.25, 0.3) is 0 Å². The van der Waals surface area contributed by atoms with Crippen molar-refractivity contribution in [1.29, 1.82) is 0 Å². The lowest BCUT2D eigenvalue weighted by atomic mass is 9.96. The zero-order chi connectivity index (χ0) is 70.1. The number of carboxylic acids is 2. The minimum atomic E-state index is -1.56. The Morgan fingerprint density at radius 2 is 0.773 bits per heavy atom. The molecule has 3 atom stereocenters. The zero-order valence-corrected chi connectivity index (χ0v) is 56.9. The Labute approximate surface area is 569 Å². The number of methoxy groups -OCH3 is 3. The lowest BCUT2D eigenvalue weighted by Gasteiger charge is -2.22. The van der Waals surface area contributed by atoms with E-state index in [1.54, 1.807) is 39.5 Å². The van der Waals surface area contributed by atoms with Gasteiger partial charge in [-0.05, 0) is 211 Å². The van der Waals surface area contributed by atoms with Crippen LogP contribution in [0.2, 0.25) is 0 Å². The molecule has 0 aromatic heterocycles. The largest absolute Gasteiger partial charge is 0.507 e. The quantitative estimate of drug-likeness (QED) is 0.0197. The number of aromatic carboxylic acids is 1. The van der Waals surface area contributed by atoms with Gasteiger partial charge in [0.15, 0.2) is 0 Å². The second-order valence-electron chi connectivity index (χ2n) is 23.8. The molecule has 514 valence electrons. The number of aliphatic carboxylic acids is 1. The molecule has 19 nitrogen and oxygen atoms in total. The van der Waals surface area contributed by atoms with E-state index in [0.717, 1.165) is 78.4 Å². The Bertz CT molecular complexity index is 3730. The number of esters is 3. The Morgan fingerprint density at radius 1 is 0.392 bits per heavy atom. The zero-order valence-electron chi connectivity index (χ0n) is 56.9. The van der Waals surface area contributed by atoms with Gasteiger partial charge in [-0.15, -0.1) is 0 Å². The molecule has 0 fully saturated rings. The first-order valence-corrected chi connectivity index (χ1v) is 32.0. The van der Waals surface area contributed by atoms with Crippen LogP contribution in [0.3, 0.4) is 0 Å². The Balaban J connectivity index is 0.000000231. The number of carboxylic acid groups (broad SMARTS) is 2. The number of phenols is 1. The van der Waals surface area contributed by atoms with E-state index in [1.165, 1.54) is 58.1 Å². The highest BCUT2D eigenvalue weighted by molar-refractivity contribution is 6.28. The molecule has 0 aliphatic heterocycles. The molecule has 2 unspecified atom stereocenters. The number of benzene rings is 8. The van der Waals surface area contributed by atoms with Crippen molar-refractivity contribution in [2.75, 3.05) is 96.5 Å². The minimum absolute atomic E-state index is 0.0330. The van der Waals surface area contributed by atoms with Gasteiger partial charge in [0.05, 0.1) is 32.5 Å². The van der Waals surface area contributed by atoms with E-state index in [4.69, 9.17) is 43.0 Å². The van der Waals surface area contributed by atoms with Gasteiger partial charge in [-0.25, -0.2) is 24.0 Å². The lowest BCUT2D eigenvalue weighted by Crippen LogP contribution is -2.35. The lowest BCUT2D eigenvalue weighted by molar-refractivity contribution is -0.168. The maximum absolute atomic E-state index is 12.7. The molecule has 0 radical (unpaired) electrons. The van der Waals surface area contributed by atoms with Crippen LogP contribution < -0.4 is 23.7 Å². The van der Waals surface area contributed by atoms with E-state index >= 15 is 0 Å². The highest BCUT2D eigenvalue weighted by atomic mass is 16.6. The van der Waals surface area contributed by atoms with Crippen LogP contribution in [0.1, 0.15) is 76.4 Å². The molecule has 0 aliphatic rings. The Hall–Kier alpha value is -10.2. The van der Waals surface area contributed by atoms with Crippen molar-refractivity contribution in [1.82, 2.24) is 14.7 Å². The van der Waals surface area contributed by atoms with Crippen molar-refractivity contribution >= 4 is 29.8 Å². The molecule has 3 N–H and O–H groups in total. The number of aromatic hydroxyl groups is 1. The average Bonchev–Trinajstić information content (AvgIpc) is 1.59. The maximum Gasteiger partial charge on any atom is 0.417 e. The normalized spacial score (nSPS) is 11.8. The molecule has 0 saturated carbocycles. The molecular weight excluding hydrogens is 1230 g/mol. The molecule has 0 bridgehead atoms. The summed E-state index contributed by atoms with van der Waals surface area (Å²) in [6.45, 7) is 1.80. The van der Waals surface area contributed by atoms with Gasteiger partial charge in [0, 0.05) is 19.6 Å². The summed E-state index contributed by atoms with van der Waals surface area (Å²) in [6, 6.07) is 60.2. The SMILES string of the molecule is COc1ccc(CCc2ccccc2CC[C@H](CN(C)C)OC(=O)C(=O)O)cc1.COc1ccc(CCc2ccccc2OCC(CN(C)C)OC(=O)c2cccc(C(=O)O)c2)cc1.COc1ccc(CCc2ccccc2OCC(CN(C)C)OC(=O)c2ccccc2O)cc1. The number of ether oxygens (including phenoxy) is 8. The van der Waals surface area contributed by atoms with Crippen molar-refractivity contribution in [3.8, 4) is 34.5 Å².